The molecule has 1 aromatic rings. The van der Waals surface area contributed by atoms with Crippen molar-refractivity contribution in [3.8, 4) is 0 Å². The number of amides is 1. The molecule has 1 fully saturated rings. The van der Waals surface area contributed by atoms with Gasteiger partial charge in [-0.25, -0.2) is 0 Å². The highest BCUT2D eigenvalue weighted by atomic mass is 79.9. The molecule has 124 valence electrons. The second kappa shape index (κ2) is 10.5. The van der Waals surface area contributed by atoms with E-state index in [1.807, 2.05) is 23.7 Å². The van der Waals surface area contributed by atoms with E-state index in [0.717, 1.165) is 36.2 Å². The van der Waals surface area contributed by atoms with Crippen molar-refractivity contribution >= 4 is 46.0 Å². The van der Waals surface area contributed by atoms with Crippen LogP contribution in [0.5, 0.6) is 0 Å². The van der Waals surface area contributed by atoms with E-state index in [9.17, 15) is 4.79 Å². The topological polar surface area (TPSA) is 32.3 Å². The molecule has 1 heterocycles. The molecule has 1 atom stereocenters. The SMILES string of the molecule is CNC1CCCN(C(=O)CCCSc2ccc(Br)cc2)C1.Cl. The first kappa shape index (κ1) is 19.8. The fraction of sp³-hybridized carbons (Fsp3) is 0.562. The molecule has 1 N–H and O–H groups in total. The number of rotatable bonds is 6. The Labute approximate surface area is 152 Å². The van der Waals surface area contributed by atoms with E-state index >= 15 is 0 Å². The molecule has 0 spiro atoms. The lowest BCUT2D eigenvalue weighted by Crippen LogP contribution is -2.46. The zero-order chi connectivity index (χ0) is 15.1. The van der Waals surface area contributed by atoms with E-state index < -0.39 is 0 Å². The number of thioether (sulfide) groups is 1. The quantitative estimate of drug-likeness (QED) is 0.572. The summed E-state index contributed by atoms with van der Waals surface area (Å²) in [7, 11) is 1.98. The van der Waals surface area contributed by atoms with Gasteiger partial charge in [0.25, 0.3) is 0 Å². The van der Waals surface area contributed by atoms with Crippen molar-refractivity contribution in [2.45, 2.75) is 36.6 Å². The summed E-state index contributed by atoms with van der Waals surface area (Å²) in [6.45, 7) is 1.80. The van der Waals surface area contributed by atoms with Crippen LogP contribution in [0.1, 0.15) is 25.7 Å². The van der Waals surface area contributed by atoms with E-state index in [4.69, 9.17) is 0 Å². The Bertz CT molecular complexity index is 458. The third-order valence-corrected chi connectivity index (χ3v) is 5.43. The maximum absolute atomic E-state index is 12.2. The zero-order valence-corrected chi connectivity index (χ0v) is 16.1. The van der Waals surface area contributed by atoms with Crippen LogP contribution in [0.3, 0.4) is 0 Å². The Kier molecular flexibility index (Phi) is 9.48. The summed E-state index contributed by atoms with van der Waals surface area (Å²) in [4.78, 5) is 15.5. The lowest BCUT2D eigenvalue weighted by molar-refractivity contribution is -0.132. The van der Waals surface area contributed by atoms with Crippen LogP contribution in [0.2, 0.25) is 0 Å². The van der Waals surface area contributed by atoms with E-state index in [0.29, 0.717) is 18.4 Å². The highest BCUT2D eigenvalue weighted by Gasteiger charge is 2.21. The van der Waals surface area contributed by atoms with Gasteiger partial charge in [0, 0.05) is 34.9 Å². The average Bonchev–Trinajstić information content (AvgIpc) is 2.53. The molecule has 22 heavy (non-hydrogen) atoms. The van der Waals surface area contributed by atoms with Crippen molar-refractivity contribution in [3.63, 3.8) is 0 Å². The highest BCUT2D eigenvalue weighted by molar-refractivity contribution is 9.10. The number of likely N-dealkylation sites (tertiary alicyclic amines) is 1. The fourth-order valence-corrected chi connectivity index (χ4v) is 3.66. The van der Waals surface area contributed by atoms with Gasteiger partial charge in [-0.05, 0) is 56.3 Å². The summed E-state index contributed by atoms with van der Waals surface area (Å²) < 4.78 is 1.10. The molecule has 2 rings (SSSR count). The highest BCUT2D eigenvalue weighted by Crippen LogP contribution is 2.22. The van der Waals surface area contributed by atoms with Crippen LogP contribution in [-0.2, 0) is 4.79 Å². The van der Waals surface area contributed by atoms with Crippen LogP contribution in [0.4, 0.5) is 0 Å². The summed E-state index contributed by atoms with van der Waals surface area (Å²) in [5.74, 6) is 1.31. The number of halogens is 2. The van der Waals surface area contributed by atoms with E-state index in [2.05, 4.69) is 45.5 Å². The van der Waals surface area contributed by atoms with E-state index in [-0.39, 0.29) is 12.4 Å². The van der Waals surface area contributed by atoms with Crippen LogP contribution in [-0.4, -0.2) is 42.7 Å². The first-order chi connectivity index (χ1) is 10.2. The smallest absolute Gasteiger partial charge is 0.222 e. The maximum atomic E-state index is 12.2. The third kappa shape index (κ3) is 6.49. The van der Waals surface area contributed by atoms with Gasteiger partial charge >= 0.3 is 0 Å². The van der Waals surface area contributed by atoms with E-state index in [1.54, 1.807) is 0 Å². The predicted molar refractivity (Wildman–Crippen MR) is 100 cm³/mol. The molecule has 1 aliphatic rings. The standard InChI is InChI=1S/C16H23BrN2OS.ClH/c1-18-14-4-2-10-19(12-14)16(20)5-3-11-21-15-8-6-13(17)7-9-15;/h6-9,14,18H,2-5,10-12H2,1H3;1H. The lowest BCUT2D eigenvalue weighted by atomic mass is 10.1. The number of likely N-dealkylation sites (N-methyl/N-ethyl adjacent to an activating group) is 1. The monoisotopic (exact) mass is 406 g/mol. The Balaban J connectivity index is 0.00000242. The Morgan fingerprint density at radius 2 is 2.14 bits per heavy atom. The van der Waals surface area contributed by atoms with Crippen LogP contribution in [0, 0.1) is 0 Å². The van der Waals surface area contributed by atoms with Gasteiger partial charge in [-0.2, -0.15) is 0 Å². The lowest BCUT2D eigenvalue weighted by Gasteiger charge is -2.32. The molecule has 0 radical (unpaired) electrons. The fourth-order valence-electron chi connectivity index (χ4n) is 2.54. The number of piperidine rings is 1. The van der Waals surface area contributed by atoms with Crippen LogP contribution >= 0.6 is 40.1 Å². The van der Waals surface area contributed by atoms with Crippen LogP contribution in [0.15, 0.2) is 33.6 Å². The molecule has 1 amide bonds. The molecule has 0 aliphatic carbocycles. The van der Waals surface area contributed by atoms with Gasteiger partial charge in [-0.3, -0.25) is 4.79 Å². The van der Waals surface area contributed by atoms with E-state index in [1.165, 1.54) is 11.3 Å². The minimum absolute atomic E-state index is 0. The number of hydrogen-bond acceptors (Lipinski definition) is 3. The normalized spacial score (nSPS) is 17.9. The van der Waals surface area contributed by atoms with Gasteiger partial charge in [-0.1, -0.05) is 15.9 Å². The van der Waals surface area contributed by atoms with Crippen molar-refractivity contribution in [3.05, 3.63) is 28.7 Å². The van der Waals surface area contributed by atoms with Gasteiger partial charge in [-0.15, -0.1) is 24.2 Å². The summed E-state index contributed by atoms with van der Waals surface area (Å²) >= 11 is 5.26. The number of carbonyl (C=O) groups is 1. The van der Waals surface area contributed by atoms with Gasteiger partial charge in [0.15, 0.2) is 0 Å². The molecule has 0 bridgehead atoms. The second-order valence-corrected chi connectivity index (χ2v) is 7.46. The number of nitrogens with zero attached hydrogens (tertiary/aromatic N) is 1. The molecular weight excluding hydrogens is 384 g/mol. The first-order valence-corrected chi connectivity index (χ1v) is 9.30. The van der Waals surface area contributed by atoms with Gasteiger partial charge in [0.05, 0.1) is 0 Å². The first-order valence-electron chi connectivity index (χ1n) is 7.52. The molecule has 1 aromatic carbocycles. The zero-order valence-electron chi connectivity index (χ0n) is 12.9. The third-order valence-electron chi connectivity index (χ3n) is 3.80. The van der Waals surface area contributed by atoms with Gasteiger partial charge in [0.2, 0.25) is 5.91 Å². The van der Waals surface area contributed by atoms with Crippen LogP contribution in [0.25, 0.3) is 0 Å². The molecule has 1 saturated heterocycles. The predicted octanol–water partition coefficient (Wildman–Crippen LogP) is 3.95. The van der Waals surface area contributed by atoms with Crippen molar-refractivity contribution in [2.75, 3.05) is 25.9 Å². The van der Waals surface area contributed by atoms with Gasteiger partial charge < -0.3 is 10.2 Å². The van der Waals surface area contributed by atoms with Crippen molar-refractivity contribution < 1.29 is 4.79 Å². The molecule has 0 aromatic heterocycles. The molecule has 6 heteroatoms. The average molecular weight is 408 g/mol. The van der Waals surface area contributed by atoms with Gasteiger partial charge in [0.1, 0.15) is 0 Å². The largest absolute Gasteiger partial charge is 0.341 e. The Morgan fingerprint density at radius 3 is 2.82 bits per heavy atom. The maximum Gasteiger partial charge on any atom is 0.222 e. The van der Waals surface area contributed by atoms with Crippen molar-refractivity contribution in [1.29, 1.82) is 0 Å². The van der Waals surface area contributed by atoms with Crippen molar-refractivity contribution in [2.24, 2.45) is 0 Å². The molecule has 1 unspecified atom stereocenters. The second-order valence-electron chi connectivity index (χ2n) is 5.37. The summed E-state index contributed by atoms with van der Waals surface area (Å²) in [6, 6.07) is 8.80. The summed E-state index contributed by atoms with van der Waals surface area (Å²) in [5, 5.41) is 3.28. The number of nitrogens with one attached hydrogen (secondary N) is 1. The number of benzene rings is 1. The molecule has 1 aliphatic heterocycles. The Hall–Kier alpha value is -0.230. The Morgan fingerprint density at radius 1 is 1.41 bits per heavy atom. The number of carbonyl (C=O) groups excluding carboxylic acids is 1. The molecular formula is C16H24BrClN2OS. The molecule has 3 nitrogen and oxygen atoms in total. The summed E-state index contributed by atoms with van der Waals surface area (Å²) in [5.41, 5.74) is 0. The minimum Gasteiger partial charge on any atom is -0.341 e. The molecule has 0 saturated carbocycles. The summed E-state index contributed by atoms with van der Waals surface area (Å²) in [6.07, 6.45) is 3.91. The van der Waals surface area contributed by atoms with Crippen LogP contribution < -0.4 is 5.32 Å². The number of hydrogen-bond donors (Lipinski definition) is 1. The minimum atomic E-state index is 0. The van der Waals surface area contributed by atoms with Crippen molar-refractivity contribution in [1.82, 2.24) is 10.2 Å².